The summed E-state index contributed by atoms with van der Waals surface area (Å²) in [5, 5.41) is 4.72. The number of methoxy groups -OCH3 is 2. The molecule has 1 N–H and O–H groups in total. The predicted octanol–water partition coefficient (Wildman–Crippen LogP) is 3.66. The van der Waals surface area contributed by atoms with Crippen LogP contribution in [0.5, 0.6) is 11.5 Å². The molecule has 0 bridgehead atoms. The molecule has 0 amide bonds. The van der Waals surface area contributed by atoms with E-state index in [2.05, 4.69) is 12.2 Å². The lowest BCUT2D eigenvalue weighted by Crippen LogP contribution is -2.24. The molecule has 100 valence electrons. The van der Waals surface area contributed by atoms with Crippen LogP contribution in [-0.4, -0.2) is 31.3 Å². The number of anilines is 1. The van der Waals surface area contributed by atoms with E-state index in [0.29, 0.717) is 22.1 Å². The van der Waals surface area contributed by atoms with Gasteiger partial charge >= 0.3 is 0 Å². The van der Waals surface area contributed by atoms with Gasteiger partial charge in [-0.2, -0.15) is 11.8 Å². The zero-order chi connectivity index (χ0) is 13.1. The average molecular weight is 288 g/mol. The second-order valence-electron chi connectivity index (χ2n) is 4.30. The first kappa shape index (κ1) is 13.7. The van der Waals surface area contributed by atoms with Gasteiger partial charge in [-0.3, -0.25) is 0 Å². The van der Waals surface area contributed by atoms with Crippen LogP contribution in [0.25, 0.3) is 0 Å². The smallest absolute Gasteiger partial charge is 0.145 e. The highest BCUT2D eigenvalue weighted by molar-refractivity contribution is 8.00. The van der Waals surface area contributed by atoms with Crippen LogP contribution in [-0.2, 0) is 0 Å². The number of hydrogen-bond donors (Lipinski definition) is 1. The Morgan fingerprint density at radius 2 is 2.00 bits per heavy atom. The third kappa shape index (κ3) is 2.81. The fourth-order valence-corrected chi connectivity index (χ4v) is 3.53. The number of thioether (sulfide) groups is 1. The summed E-state index contributed by atoms with van der Waals surface area (Å²) in [7, 11) is 3.25. The number of rotatable bonds is 4. The monoisotopic (exact) mass is 287 g/mol. The normalized spacial score (nSPS) is 22.9. The SMILES string of the molecule is COc1cc(OC)c(NC2CCSC2C)cc1Cl. The van der Waals surface area contributed by atoms with Gasteiger partial charge in [-0.05, 0) is 18.2 Å². The third-order valence-corrected chi connectivity index (χ3v) is 4.81. The lowest BCUT2D eigenvalue weighted by Gasteiger charge is -2.20. The van der Waals surface area contributed by atoms with E-state index < -0.39 is 0 Å². The standard InChI is InChI=1S/C13H18ClNO2S/c1-8-10(4-5-18-8)15-11-6-9(14)12(16-2)7-13(11)17-3/h6-8,10,15H,4-5H2,1-3H3. The van der Waals surface area contributed by atoms with Crippen molar-refractivity contribution in [2.75, 3.05) is 25.3 Å². The van der Waals surface area contributed by atoms with Gasteiger partial charge in [0.15, 0.2) is 0 Å². The third-order valence-electron chi connectivity index (χ3n) is 3.19. The van der Waals surface area contributed by atoms with E-state index in [1.54, 1.807) is 14.2 Å². The van der Waals surface area contributed by atoms with Crippen LogP contribution in [0.1, 0.15) is 13.3 Å². The summed E-state index contributed by atoms with van der Waals surface area (Å²) in [5.74, 6) is 2.60. The van der Waals surface area contributed by atoms with Gasteiger partial charge < -0.3 is 14.8 Å². The maximum absolute atomic E-state index is 6.15. The Kier molecular flexibility index (Phi) is 4.51. The van der Waals surface area contributed by atoms with Crippen molar-refractivity contribution >= 4 is 29.1 Å². The molecule has 0 saturated carbocycles. The molecular formula is C13H18ClNO2S. The van der Waals surface area contributed by atoms with Crippen molar-refractivity contribution < 1.29 is 9.47 Å². The molecule has 0 spiro atoms. The molecule has 0 aromatic heterocycles. The molecule has 1 heterocycles. The molecule has 1 aliphatic rings. The topological polar surface area (TPSA) is 30.5 Å². The van der Waals surface area contributed by atoms with Gasteiger partial charge in [0, 0.05) is 17.4 Å². The van der Waals surface area contributed by atoms with Crippen molar-refractivity contribution in [3.05, 3.63) is 17.2 Å². The van der Waals surface area contributed by atoms with Gasteiger partial charge in [-0.25, -0.2) is 0 Å². The minimum atomic E-state index is 0.466. The van der Waals surface area contributed by atoms with Gasteiger partial charge in [-0.15, -0.1) is 0 Å². The van der Waals surface area contributed by atoms with Crippen LogP contribution in [0.4, 0.5) is 5.69 Å². The minimum Gasteiger partial charge on any atom is -0.495 e. The van der Waals surface area contributed by atoms with Crippen molar-refractivity contribution in [3.63, 3.8) is 0 Å². The van der Waals surface area contributed by atoms with Crippen molar-refractivity contribution in [3.8, 4) is 11.5 Å². The molecule has 0 radical (unpaired) electrons. The Morgan fingerprint density at radius 3 is 2.56 bits per heavy atom. The maximum Gasteiger partial charge on any atom is 0.145 e. The Hall–Kier alpha value is -0.740. The van der Waals surface area contributed by atoms with E-state index in [9.17, 15) is 0 Å². The zero-order valence-electron chi connectivity index (χ0n) is 10.8. The van der Waals surface area contributed by atoms with E-state index in [-0.39, 0.29) is 0 Å². The van der Waals surface area contributed by atoms with Gasteiger partial charge in [-0.1, -0.05) is 18.5 Å². The molecule has 5 heteroatoms. The molecule has 1 saturated heterocycles. The molecule has 0 aliphatic carbocycles. The highest BCUT2D eigenvalue weighted by atomic mass is 35.5. The molecule has 1 aromatic rings. The van der Waals surface area contributed by atoms with Crippen molar-refractivity contribution in [1.29, 1.82) is 0 Å². The molecule has 3 nitrogen and oxygen atoms in total. The molecular weight excluding hydrogens is 270 g/mol. The summed E-state index contributed by atoms with van der Waals surface area (Å²) in [5.41, 5.74) is 0.933. The van der Waals surface area contributed by atoms with E-state index in [0.717, 1.165) is 11.4 Å². The van der Waals surface area contributed by atoms with Crippen LogP contribution in [0.3, 0.4) is 0 Å². The molecule has 1 aliphatic heterocycles. The molecule has 1 aromatic carbocycles. The maximum atomic E-state index is 6.15. The lowest BCUT2D eigenvalue weighted by atomic mass is 10.1. The molecule has 2 atom stereocenters. The van der Waals surface area contributed by atoms with Crippen molar-refractivity contribution in [2.24, 2.45) is 0 Å². The fraction of sp³-hybridized carbons (Fsp3) is 0.538. The zero-order valence-corrected chi connectivity index (χ0v) is 12.4. The van der Waals surface area contributed by atoms with Crippen LogP contribution < -0.4 is 14.8 Å². The summed E-state index contributed by atoms with van der Waals surface area (Å²) < 4.78 is 10.6. The fourth-order valence-electron chi connectivity index (χ4n) is 2.09. The minimum absolute atomic E-state index is 0.466. The van der Waals surface area contributed by atoms with Gasteiger partial charge in [0.1, 0.15) is 11.5 Å². The van der Waals surface area contributed by atoms with Gasteiger partial charge in [0.25, 0.3) is 0 Å². The van der Waals surface area contributed by atoms with E-state index >= 15 is 0 Å². The summed E-state index contributed by atoms with van der Waals surface area (Å²) >= 11 is 8.14. The molecule has 18 heavy (non-hydrogen) atoms. The van der Waals surface area contributed by atoms with Gasteiger partial charge in [0.2, 0.25) is 0 Å². The van der Waals surface area contributed by atoms with E-state index in [1.165, 1.54) is 12.2 Å². The number of benzene rings is 1. The predicted molar refractivity (Wildman–Crippen MR) is 78.5 cm³/mol. The Labute approximate surface area is 117 Å². The molecule has 1 fully saturated rings. The first-order chi connectivity index (χ1) is 8.65. The second-order valence-corrected chi connectivity index (χ2v) is 6.19. The second kappa shape index (κ2) is 5.93. The first-order valence-corrected chi connectivity index (χ1v) is 7.38. The largest absolute Gasteiger partial charge is 0.495 e. The number of halogens is 1. The number of ether oxygens (including phenoxy) is 2. The molecule has 2 rings (SSSR count). The van der Waals surface area contributed by atoms with Crippen molar-refractivity contribution in [1.82, 2.24) is 0 Å². The highest BCUT2D eigenvalue weighted by Crippen LogP contribution is 2.38. The Bertz CT molecular complexity index is 428. The number of nitrogens with one attached hydrogen (secondary N) is 1. The van der Waals surface area contributed by atoms with E-state index in [4.69, 9.17) is 21.1 Å². The summed E-state index contributed by atoms with van der Waals surface area (Å²) in [4.78, 5) is 0. The van der Waals surface area contributed by atoms with Crippen molar-refractivity contribution in [2.45, 2.75) is 24.6 Å². The van der Waals surface area contributed by atoms with Crippen LogP contribution in [0.2, 0.25) is 5.02 Å². The van der Waals surface area contributed by atoms with Gasteiger partial charge in [0.05, 0.1) is 24.9 Å². The van der Waals surface area contributed by atoms with E-state index in [1.807, 2.05) is 23.9 Å². The number of hydrogen-bond acceptors (Lipinski definition) is 4. The highest BCUT2D eigenvalue weighted by Gasteiger charge is 2.25. The summed E-state index contributed by atoms with van der Waals surface area (Å²) in [6.07, 6.45) is 1.17. The van der Waals surface area contributed by atoms with Crippen LogP contribution in [0, 0.1) is 0 Å². The Balaban J connectivity index is 2.23. The quantitative estimate of drug-likeness (QED) is 0.915. The molecule has 2 unspecified atom stereocenters. The lowest BCUT2D eigenvalue weighted by molar-refractivity contribution is 0.395. The summed E-state index contributed by atoms with van der Waals surface area (Å²) in [6.45, 7) is 2.24. The first-order valence-electron chi connectivity index (χ1n) is 5.95. The van der Waals surface area contributed by atoms with Crippen LogP contribution >= 0.6 is 23.4 Å². The van der Waals surface area contributed by atoms with Crippen LogP contribution in [0.15, 0.2) is 12.1 Å². The Morgan fingerprint density at radius 1 is 1.28 bits per heavy atom. The summed E-state index contributed by atoms with van der Waals surface area (Å²) in [6, 6.07) is 4.15. The average Bonchev–Trinajstić information content (AvgIpc) is 2.75.